The number of benzene rings is 1. The highest BCUT2D eigenvalue weighted by Crippen LogP contribution is 2.34. The van der Waals surface area contributed by atoms with Gasteiger partial charge >= 0.3 is 5.97 Å². The molecule has 6 heteroatoms. The Hall–Kier alpha value is -1.01. The zero-order chi connectivity index (χ0) is 14.7. The maximum Gasteiger partial charge on any atom is 0.327 e. The van der Waals surface area contributed by atoms with E-state index in [2.05, 4.69) is 15.9 Å². The summed E-state index contributed by atoms with van der Waals surface area (Å²) in [7, 11) is 0. The molecule has 1 N–H and O–H groups in total. The molecule has 0 saturated carbocycles. The Bertz CT molecular complexity index is 523. The third kappa shape index (κ3) is 3.01. The highest BCUT2D eigenvalue weighted by atomic mass is 79.9. The van der Waals surface area contributed by atoms with Crippen molar-refractivity contribution in [1.29, 1.82) is 0 Å². The minimum atomic E-state index is -0.934. The number of amides is 1. The van der Waals surface area contributed by atoms with E-state index in [0.29, 0.717) is 15.8 Å². The molecule has 2 atom stereocenters. The van der Waals surface area contributed by atoms with E-state index in [1.54, 1.807) is 30.0 Å². The van der Waals surface area contributed by atoms with Crippen LogP contribution in [0.15, 0.2) is 28.7 Å². The molecule has 1 amide bonds. The van der Waals surface area contributed by atoms with Gasteiger partial charge in [-0.2, -0.15) is 0 Å². The molecule has 0 aliphatic carbocycles. The van der Waals surface area contributed by atoms with Gasteiger partial charge in [0.25, 0.3) is 5.91 Å². The molecule has 1 saturated heterocycles. The van der Waals surface area contributed by atoms with E-state index >= 15 is 0 Å². The van der Waals surface area contributed by atoms with Crippen LogP contribution in [0.2, 0.25) is 0 Å². The van der Waals surface area contributed by atoms with E-state index in [9.17, 15) is 14.7 Å². The average Bonchev–Trinajstić information content (AvgIpc) is 2.83. The second-order valence-corrected chi connectivity index (χ2v) is 6.69. The van der Waals surface area contributed by atoms with E-state index in [0.717, 1.165) is 12.8 Å². The van der Waals surface area contributed by atoms with Crippen LogP contribution in [0.5, 0.6) is 0 Å². The molecule has 1 aromatic rings. The Balaban J connectivity index is 2.32. The number of carboxylic acids is 1. The molecule has 0 radical (unpaired) electrons. The van der Waals surface area contributed by atoms with E-state index < -0.39 is 12.0 Å². The van der Waals surface area contributed by atoms with Crippen LogP contribution in [0.4, 0.5) is 0 Å². The van der Waals surface area contributed by atoms with Crippen molar-refractivity contribution in [3.05, 3.63) is 34.3 Å². The molecule has 0 spiro atoms. The first-order valence-electron chi connectivity index (χ1n) is 6.47. The molecule has 1 aromatic carbocycles. The van der Waals surface area contributed by atoms with Gasteiger partial charge in [-0.15, -0.1) is 11.8 Å². The Labute approximate surface area is 130 Å². The van der Waals surface area contributed by atoms with Crippen LogP contribution in [0, 0.1) is 0 Å². The second kappa shape index (κ2) is 6.63. The maximum absolute atomic E-state index is 12.7. The smallest absolute Gasteiger partial charge is 0.327 e. The molecule has 4 nitrogen and oxygen atoms in total. The summed E-state index contributed by atoms with van der Waals surface area (Å²) in [6, 6.07) is 6.39. The molecular weight excluding hydrogens is 342 g/mol. The van der Waals surface area contributed by atoms with Crippen molar-refractivity contribution in [1.82, 2.24) is 4.90 Å². The monoisotopic (exact) mass is 357 g/mol. The van der Waals surface area contributed by atoms with Crippen LogP contribution in [-0.2, 0) is 4.79 Å². The molecule has 0 aromatic heterocycles. The van der Waals surface area contributed by atoms with Crippen molar-refractivity contribution in [3.8, 4) is 0 Å². The number of halogens is 1. The van der Waals surface area contributed by atoms with Crippen molar-refractivity contribution in [2.45, 2.75) is 31.2 Å². The first kappa shape index (κ1) is 15.4. The van der Waals surface area contributed by atoms with Crippen molar-refractivity contribution < 1.29 is 14.7 Å². The van der Waals surface area contributed by atoms with E-state index in [4.69, 9.17) is 0 Å². The maximum atomic E-state index is 12.7. The van der Waals surface area contributed by atoms with Gasteiger partial charge in [0.2, 0.25) is 0 Å². The third-order valence-corrected chi connectivity index (χ3v) is 5.30. The minimum Gasteiger partial charge on any atom is -0.480 e. The van der Waals surface area contributed by atoms with Gasteiger partial charge in [0.15, 0.2) is 0 Å². The van der Waals surface area contributed by atoms with Crippen LogP contribution < -0.4 is 0 Å². The number of carbonyl (C=O) groups excluding carboxylic acids is 1. The van der Waals surface area contributed by atoms with Gasteiger partial charge in [-0.25, -0.2) is 4.79 Å². The Morgan fingerprint density at radius 3 is 2.75 bits per heavy atom. The first-order chi connectivity index (χ1) is 9.56. The Morgan fingerprint density at radius 1 is 1.45 bits per heavy atom. The van der Waals surface area contributed by atoms with Gasteiger partial charge in [0.05, 0.1) is 10.9 Å². The number of aliphatic carboxylic acids is 1. The number of carboxylic acid groups (broad SMARTS) is 1. The number of hydrogen-bond donors (Lipinski definition) is 1. The van der Waals surface area contributed by atoms with Crippen LogP contribution >= 0.6 is 27.7 Å². The van der Waals surface area contributed by atoms with E-state index in [-0.39, 0.29) is 11.3 Å². The van der Waals surface area contributed by atoms with Crippen molar-refractivity contribution in [3.63, 3.8) is 0 Å². The zero-order valence-electron chi connectivity index (χ0n) is 11.1. The number of carbonyl (C=O) groups is 2. The lowest BCUT2D eigenvalue weighted by molar-refractivity contribution is -0.141. The molecule has 2 unspecified atom stereocenters. The van der Waals surface area contributed by atoms with Crippen LogP contribution in [-0.4, -0.2) is 39.1 Å². The molecular formula is C14H16BrNO3S. The van der Waals surface area contributed by atoms with Gasteiger partial charge < -0.3 is 10.0 Å². The summed E-state index contributed by atoms with van der Waals surface area (Å²) < 4.78 is 0.696. The first-order valence-corrected chi connectivity index (χ1v) is 8.32. The molecule has 1 fully saturated rings. The highest BCUT2D eigenvalue weighted by molar-refractivity contribution is 9.10. The van der Waals surface area contributed by atoms with Gasteiger partial charge in [-0.05, 0) is 34.5 Å². The average molecular weight is 358 g/mol. The Kier molecular flexibility index (Phi) is 5.10. The lowest BCUT2D eigenvalue weighted by Gasteiger charge is -2.27. The lowest BCUT2D eigenvalue weighted by atomic mass is 10.1. The zero-order valence-corrected chi connectivity index (χ0v) is 13.5. The quantitative estimate of drug-likeness (QED) is 0.898. The van der Waals surface area contributed by atoms with Gasteiger partial charge in [-0.3, -0.25) is 4.79 Å². The molecule has 1 aliphatic heterocycles. The number of thioether (sulfide) groups is 1. The van der Waals surface area contributed by atoms with E-state index in [1.165, 1.54) is 4.90 Å². The summed E-state index contributed by atoms with van der Waals surface area (Å²) in [6.07, 6.45) is 1.73. The van der Waals surface area contributed by atoms with Crippen molar-refractivity contribution >= 4 is 39.6 Å². The molecule has 1 heterocycles. The summed E-state index contributed by atoms with van der Waals surface area (Å²) in [5, 5.41) is 9.26. The second-order valence-electron chi connectivity index (χ2n) is 4.62. The Morgan fingerprint density at radius 2 is 2.15 bits per heavy atom. The number of nitrogens with zero attached hydrogens (tertiary/aromatic N) is 1. The molecule has 1 aliphatic rings. The van der Waals surface area contributed by atoms with Crippen LogP contribution in [0.25, 0.3) is 0 Å². The highest BCUT2D eigenvalue weighted by Gasteiger charge is 2.41. The molecule has 0 bridgehead atoms. The molecule has 2 rings (SSSR count). The van der Waals surface area contributed by atoms with Crippen molar-refractivity contribution in [2.24, 2.45) is 0 Å². The number of hydrogen-bond acceptors (Lipinski definition) is 3. The summed E-state index contributed by atoms with van der Waals surface area (Å²) in [6.45, 7) is 2.04. The fraction of sp³-hybridized carbons (Fsp3) is 0.429. The molecule has 108 valence electrons. The van der Waals surface area contributed by atoms with E-state index in [1.807, 2.05) is 13.0 Å². The van der Waals surface area contributed by atoms with Gasteiger partial charge in [0.1, 0.15) is 6.04 Å². The van der Waals surface area contributed by atoms with Gasteiger partial charge in [0, 0.05) is 10.2 Å². The fourth-order valence-electron chi connectivity index (χ4n) is 2.27. The number of rotatable bonds is 4. The lowest BCUT2D eigenvalue weighted by Crippen LogP contribution is -2.45. The molecule has 20 heavy (non-hydrogen) atoms. The standard InChI is InChI=1S/C14H16BrNO3S/c1-2-5-12-16(11(8-20-12)14(18)19)13(17)9-6-3-4-7-10(9)15/h3-4,6-7,11-12H,2,5,8H2,1H3,(H,18,19). The van der Waals surface area contributed by atoms with Crippen molar-refractivity contribution in [2.75, 3.05) is 5.75 Å². The predicted octanol–water partition coefficient (Wildman–Crippen LogP) is 3.22. The summed E-state index contributed by atoms with van der Waals surface area (Å²) in [4.78, 5) is 25.6. The SMILES string of the molecule is CCCC1SCC(C(=O)O)N1C(=O)c1ccccc1Br. The summed E-state index contributed by atoms with van der Waals surface area (Å²) in [5.41, 5.74) is 0.516. The predicted molar refractivity (Wildman–Crippen MR) is 82.9 cm³/mol. The largest absolute Gasteiger partial charge is 0.480 e. The normalized spacial score (nSPS) is 22.0. The summed E-state index contributed by atoms with van der Waals surface area (Å²) >= 11 is 4.91. The topological polar surface area (TPSA) is 57.6 Å². The minimum absolute atomic E-state index is 0.0549. The van der Waals surface area contributed by atoms with Gasteiger partial charge in [-0.1, -0.05) is 25.5 Å². The fourth-order valence-corrected chi connectivity index (χ4v) is 4.24. The van der Waals surface area contributed by atoms with Crippen LogP contribution in [0.3, 0.4) is 0 Å². The summed E-state index contributed by atoms with van der Waals surface area (Å²) in [5.74, 6) is -0.694. The van der Waals surface area contributed by atoms with Crippen LogP contribution in [0.1, 0.15) is 30.1 Å². The third-order valence-electron chi connectivity index (χ3n) is 3.25.